The number of nitrogens with zero attached hydrogens (tertiary/aromatic N) is 1. The Labute approximate surface area is 102 Å². The topological polar surface area (TPSA) is 52.6 Å². The number of hydrogen-bond donors (Lipinski definition) is 2. The summed E-state index contributed by atoms with van der Waals surface area (Å²) in [6.45, 7) is 3.61. The standard InChI is InChI=1S/C13H20N2O2/c1-9(14-10(2)13(16)17)11-5-7-12(8-6-11)15(3)4/h5-10,14H,1-4H3,(H,16,17). The van der Waals surface area contributed by atoms with Gasteiger partial charge >= 0.3 is 5.97 Å². The molecule has 0 heterocycles. The first kappa shape index (κ1) is 13.5. The monoisotopic (exact) mass is 236 g/mol. The first-order valence-electron chi connectivity index (χ1n) is 5.68. The minimum atomic E-state index is -0.832. The Balaban J connectivity index is 2.69. The number of carboxylic acids is 1. The predicted octanol–water partition coefficient (Wildman–Crippen LogP) is 1.88. The molecule has 0 spiro atoms. The summed E-state index contributed by atoms with van der Waals surface area (Å²) in [4.78, 5) is 12.8. The lowest BCUT2D eigenvalue weighted by Crippen LogP contribution is -2.35. The zero-order chi connectivity index (χ0) is 13.0. The summed E-state index contributed by atoms with van der Waals surface area (Å²) in [5.41, 5.74) is 2.22. The van der Waals surface area contributed by atoms with E-state index in [-0.39, 0.29) is 6.04 Å². The van der Waals surface area contributed by atoms with Crippen molar-refractivity contribution in [3.8, 4) is 0 Å². The molecular formula is C13H20N2O2. The highest BCUT2D eigenvalue weighted by molar-refractivity contribution is 5.72. The highest BCUT2D eigenvalue weighted by Gasteiger charge is 2.14. The number of hydrogen-bond acceptors (Lipinski definition) is 3. The third-order valence-electron chi connectivity index (χ3n) is 2.78. The molecule has 0 aliphatic heterocycles. The molecule has 0 fully saturated rings. The molecule has 94 valence electrons. The smallest absolute Gasteiger partial charge is 0.320 e. The van der Waals surface area contributed by atoms with E-state index in [1.807, 2.05) is 50.2 Å². The molecule has 1 aromatic carbocycles. The Morgan fingerprint density at radius 1 is 1.24 bits per heavy atom. The van der Waals surface area contributed by atoms with Crippen LogP contribution in [0.25, 0.3) is 0 Å². The van der Waals surface area contributed by atoms with Gasteiger partial charge in [0.15, 0.2) is 0 Å². The van der Waals surface area contributed by atoms with E-state index < -0.39 is 12.0 Å². The summed E-state index contributed by atoms with van der Waals surface area (Å²) >= 11 is 0. The molecule has 0 aromatic heterocycles. The quantitative estimate of drug-likeness (QED) is 0.819. The summed E-state index contributed by atoms with van der Waals surface area (Å²) in [6, 6.07) is 7.57. The summed E-state index contributed by atoms with van der Waals surface area (Å²) < 4.78 is 0. The first-order chi connectivity index (χ1) is 7.91. The fraction of sp³-hybridized carbons (Fsp3) is 0.462. The Morgan fingerprint density at radius 2 is 1.76 bits per heavy atom. The molecule has 1 rings (SSSR count). The van der Waals surface area contributed by atoms with Gasteiger partial charge < -0.3 is 10.0 Å². The molecule has 0 aliphatic carbocycles. The minimum Gasteiger partial charge on any atom is -0.480 e. The second-order valence-electron chi connectivity index (χ2n) is 4.43. The molecule has 0 bridgehead atoms. The fourth-order valence-electron chi connectivity index (χ4n) is 1.60. The van der Waals surface area contributed by atoms with Gasteiger partial charge in [-0.2, -0.15) is 0 Å². The molecular weight excluding hydrogens is 216 g/mol. The Bertz CT molecular complexity index is 374. The van der Waals surface area contributed by atoms with Gasteiger partial charge in [0.05, 0.1) is 0 Å². The number of nitrogens with one attached hydrogen (secondary N) is 1. The molecule has 2 unspecified atom stereocenters. The molecule has 4 nitrogen and oxygen atoms in total. The molecule has 0 saturated carbocycles. The fourth-order valence-corrected chi connectivity index (χ4v) is 1.60. The average Bonchev–Trinajstić information content (AvgIpc) is 2.28. The van der Waals surface area contributed by atoms with Crippen LogP contribution in [0.15, 0.2) is 24.3 Å². The van der Waals surface area contributed by atoms with Gasteiger partial charge in [-0.15, -0.1) is 0 Å². The lowest BCUT2D eigenvalue weighted by atomic mass is 10.1. The Morgan fingerprint density at radius 3 is 2.18 bits per heavy atom. The van der Waals surface area contributed by atoms with E-state index in [9.17, 15) is 4.79 Å². The molecule has 0 radical (unpaired) electrons. The maximum absolute atomic E-state index is 10.7. The van der Waals surface area contributed by atoms with Crippen molar-refractivity contribution < 1.29 is 9.90 Å². The lowest BCUT2D eigenvalue weighted by molar-refractivity contribution is -0.139. The molecule has 2 atom stereocenters. The normalized spacial score (nSPS) is 14.1. The van der Waals surface area contributed by atoms with Gasteiger partial charge in [0.25, 0.3) is 0 Å². The van der Waals surface area contributed by atoms with Gasteiger partial charge in [0.1, 0.15) is 6.04 Å². The van der Waals surface area contributed by atoms with Crippen LogP contribution in [0.2, 0.25) is 0 Å². The van der Waals surface area contributed by atoms with E-state index in [0.29, 0.717) is 0 Å². The van der Waals surface area contributed by atoms with Gasteiger partial charge in [0.2, 0.25) is 0 Å². The number of aliphatic carboxylic acids is 1. The van der Waals surface area contributed by atoms with Crippen LogP contribution in [0.5, 0.6) is 0 Å². The summed E-state index contributed by atoms with van der Waals surface area (Å²) in [6.07, 6.45) is 0. The Kier molecular flexibility index (Phi) is 4.52. The van der Waals surface area contributed by atoms with Crippen molar-refractivity contribution in [2.24, 2.45) is 0 Å². The van der Waals surface area contributed by atoms with Crippen molar-refractivity contribution in [2.45, 2.75) is 25.9 Å². The third-order valence-corrected chi connectivity index (χ3v) is 2.78. The van der Waals surface area contributed by atoms with Crippen LogP contribution >= 0.6 is 0 Å². The molecule has 0 aliphatic rings. The first-order valence-corrected chi connectivity index (χ1v) is 5.68. The van der Waals surface area contributed by atoms with Crippen molar-refractivity contribution in [1.82, 2.24) is 5.32 Å². The van der Waals surface area contributed by atoms with Crippen molar-refractivity contribution in [1.29, 1.82) is 0 Å². The maximum atomic E-state index is 10.7. The number of rotatable bonds is 5. The van der Waals surface area contributed by atoms with E-state index in [0.717, 1.165) is 11.3 Å². The molecule has 2 N–H and O–H groups in total. The summed E-state index contributed by atoms with van der Waals surface area (Å²) in [7, 11) is 3.98. The highest BCUT2D eigenvalue weighted by Crippen LogP contribution is 2.17. The van der Waals surface area contributed by atoms with Gasteiger partial charge in [-0.1, -0.05) is 12.1 Å². The minimum absolute atomic E-state index is 0.0253. The van der Waals surface area contributed by atoms with Crippen molar-refractivity contribution in [2.75, 3.05) is 19.0 Å². The zero-order valence-corrected chi connectivity index (χ0v) is 10.8. The number of benzene rings is 1. The summed E-state index contributed by atoms with van der Waals surface area (Å²) in [5, 5.41) is 11.9. The van der Waals surface area contributed by atoms with Crippen LogP contribution in [0.1, 0.15) is 25.5 Å². The van der Waals surface area contributed by atoms with Gasteiger partial charge in [-0.25, -0.2) is 0 Å². The van der Waals surface area contributed by atoms with E-state index in [4.69, 9.17) is 5.11 Å². The largest absolute Gasteiger partial charge is 0.480 e. The van der Waals surface area contributed by atoms with Gasteiger partial charge in [-0.05, 0) is 31.5 Å². The van der Waals surface area contributed by atoms with Crippen LogP contribution in [-0.4, -0.2) is 31.2 Å². The van der Waals surface area contributed by atoms with Crippen molar-refractivity contribution >= 4 is 11.7 Å². The second kappa shape index (κ2) is 5.68. The Hall–Kier alpha value is -1.55. The van der Waals surface area contributed by atoms with Crippen LogP contribution in [0.3, 0.4) is 0 Å². The van der Waals surface area contributed by atoms with Crippen LogP contribution in [0, 0.1) is 0 Å². The van der Waals surface area contributed by atoms with Crippen LogP contribution in [-0.2, 0) is 4.79 Å². The predicted molar refractivity (Wildman–Crippen MR) is 69.4 cm³/mol. The SMILES string of the molecule is CC(NC(C)c1ccc(N(C)C)cc1)C(=O)O. The lowest BCUT2D eigenvalue weighted by Gasteiger charge is -2.19. The molecule has 0 amide bonds. The second-order valence-corrected chi connectivity index (χ2v) is 4.43. The van der Waals surface area contributed by atoms with Gasteiger partial charge in [0, 0.05) is 25.8 Å². The highest BCUT2D eigenvalue weighted by atomic mass is 16.4. The summed E-state index contributed by atoms with van der Waals surface area (Å²) in [5.74, 6) is -0.832. The number of anilines is 1. The van der Waals surface area contributed by atoms with E-state index in [1.54, 1.807) is 6.92 Å². The van der Waals surface area contributed by atoms with Crippen molar-refractivity contribution in [3.63, 3.8) is 0 Å². The van der Waals surface area contributed by atoms with Crippen molar-refractivity contribution in [3.05, 3.63) is 29.8 Å². The van der Waals surface area contributed by atoms with Crippen LogP contribution in [0.4, 0.5) is 5.69 Å². The third kappa shape index (κ3) is 3.75. The number of carboxylic acid groups (broad SMARTS) is 1. The average molecular weight is 236 g/mol. The maximum Gasteiger partial charge on any atom is 0.320 e. The van der Waals surface area contributed by atoms with E-state index >= 15 is 0 Å². The molecule has 17 heavy (non-hydrogen) atoms. The zero-order valence-electron chi connectivity index (χ0n) is 10.8. The van der Waals surface area contributed by atoms with E-state index in [2.05, 4.69) is 5.32 Å². The van der Waals surface area contributed by atoms with Crippen LogP contribution < -0.4 is 10.2 Å². The van der Waals surface area contributed by atoms with E-state index in [1.165, 1.54) is 0 Å². The number of carbonyl (C=O) groups is 1. The molecule has 1 aromatic rings. The molecule has 0 saturated heterocycles. The van der Waals surface area contributed by atoms with Gasteiger partial charge in [-0.3, -0.25) is 10.1 Å². The molecule has 4 heteroatoms.